The highest BCUT2D eigenvalue weighted by Crippen LogP contribution is 2.32. The molecular weight excluding hydrogens is 418 g/mol. The van der Waals surface area contributed by atoms with Crippen molar-refractivity contribution in [3.8, 4) is 11.5 Å². The normalized spacial score (nSPS) is 11.5. The van der Waals surface area contributed by atoms with E-state index in [0.717, 1.165) is 5.56 Å². The minimum absolute atomic E-state index is 0.0582. The molecule has 7 nitrogen and oxygen atoms in total. The van der Waals surface area contributed by atoms with E-state index in [1.54, 1.807) is 49.4 Å². The zero-order chi connectivity index (χ0) is 22.4. The first-order chi connectivity index (χ1) is 14.8. The molecule has 0 atom stereocenters. The van der Waals surface area contributed by atoms with E-state index in [-0.39, 0.29) is 28.8 Å². The molecule has 0 aliphatic rings. The molecular formula is C23H23NO6S. The molecule has 3 rings (SSSR count). The van der Waals surface area contributed by atoms with E-state index in [9.17, 15) is 13.2 Å². The topological polar surface area (TPSA) is 94.8 Å². The Labute approximate surface area is 181 Å². The maximum absolute atomic E-state index is 12.8. The molecule has 1 heterocycles. The molecule has 0 radical (unpaired) electrons. The fourth-order valence-electron chi connectivity index (χ4n) is 2.81. The number of carbonyl (C=O) groups is 1. The number of hydrogen-bond acceptors (Lipinski definition) is 6. The fourth-order valence-corrected chi connectivity index (χ4v) is 4.07. The lowest BCUT2D eigenvalue weighted by molar-refractivity contribution is -0.116. The lowest BCUT2D eigenvalue weighted by Crippen LogP contribution is -2.19. The van der Waals surface area contributed by atoms with Gasteiger partial charge >= 0.3 is 10.1 Å². The van der Waals surface area contributed by atoms with Gasteiger partial charge in [-0.05, 0) is 66.9 Å². The van der Waals surface area contributed by atoms with Crippen LogP contribution in [-0.2, 0) is 21.5 Å². The molecule has 0 unspecified atom stereocenters. The van der Waals surface area contributed by atoms with Gasteiger partial charge in [-0.1, -0.05) is 18.2 Å². The smallest absolute Gasteiger partial charge is 0.339 e. The van der Waals surface area contributed by atoms with E-state index in [1.165, 1.54) is 25.5 Å². The third-order valence-electron chi connectivity index (χ3n) is 4.44. The van der Waals surface area contributed by atoms with Crippen LogP contribution in [0.5, 0.6) is 11.5 Å². The minimum atomic E-state index is -4.04. The van der Waals surface area contributed by atoms with Gasteiger partial charge in [-0.25, -0.2) is 0 Å². The van der Waals surface area contributed by atoms with Crippen molar-refractivity contribution in [2.24, 2.45) is 0 Å². The van der Waals surface area contributed by atoms with Crippen LogP contribution >= 0.6 is 0 Å². The Bertz CT molecular complexity index is 1200. The Morgan fingerprint density at radius 3 is 2.61 bits per heavy atom. The van der Waals surface area contributed by atoms with Crippen LogP contribution in [0.4, 0.5) is 0 Å². The van der Waals surface area contributed by atoms with Crippen molar-refractivity contribution >= 4 is 22.1 Å². The number of hydrogen-bond donors (Lipinski definition) is 1. The van der Waals surface area contributed by atoms with Crippen molar-refractivity contribution < 1.29 is 26.5 Å². The SMILES string of the molecule is COc1cc(/C=C/C(=O)NCc2ccco2)ccc1OS(=O)(=O)c1cc(C)ccc1C. The Morgan fingerprint density at radius 1 is 1.10 bits per heavy atom. The minimum Gasteiger partial charge on any atom is -0.493 e. The van der Waals surface area contributed by atoms with Crippen LogP contribution in [0.25, 0.3) is 6.08 Å². The molecule has 162 valence electrons. The first kappa shape index (κ1) is 22.2. The summed E-state index contributed by atoms with van der Waals surface area (Å²) < 4.78 is 41.3. The number of carbonyl (C=O) groups excluding carboxylic acids is 1. The third-order valence-corrected chi connectivity index (χ3v) is 5.82. The second-order valence-electron chi connectivity index (χ2n) is 6.85. The van der Waals surface area contributed by atoms with E-state index >= 15 is 0 Å². The third kappa shape index (κ3) is 5.76. The average Bonchev–Trinajstić information content (AvgIpc) is 3.26. The molecule has 0 aliphatic carbocycles. The van der Waals surface area contributed by atoms with Gasteiger partial charge < -0.3 is 18.7 Å². The van der Waals surface area contributed by atoms with Crippen molar-refractivity contribution in [1.29, 1.82) is 0 Å². The highest BCUT2D eigenvalue weighted by molar-refractivity contribution is 7.87. The van der Waals surface area contributed by atoms with Crippen molar-refractivity contribution in [3.05, 3.63) is 83.3 Å². The van der Waals surface area contributed by atoms with Gasteiger partial charge in [-0.2, -0.15) is 8.42 Å². The van der Waals surface area contributed by atoms with Gasteiger partial charge in [0, 0.05) is 6.08 Å². The lowest BCUT2D eigenvalue weighted by atomic mass is 10.2. The van der Waals surface area contributed by atoms with Crippen molar-refractivity contribution in [1.82, 2.24) is 5.32 Å². The molecule has 1 aromatic heterocycles. The quantitative estimate of drug-likeness (QED) is 0.419. The van der Waals surface area contributed by atoms with Gasteiger partial charge in [0.05, 0.1) is 19.9 Å². The van der Waals surface area contributed by atoms with Crippen molar-refractivity contribution in [3.63, 3.8) is 0 Å². The van der Waals surface area contributed by atoms with Crippen molar-refractivity contribution in [2.75, 3.05) is 7.11 Å². The van der Waals surface area contributed by atoms with Crippen LogP contribution in [-0.4, -0.2) is 21.4 Å². The number of ether oxygens (including phenoxy) is 1. The summed E-state index contributed by atoms with van der Waals surface area (Å²) in [7, 11) is -2.62. The Hall–Kier alpha value is -3.52. The van der Waals surface area contributed by atoms with Crippen LogP contribution in [0.2, 0.25) is 0 Å². The molecule has 0 spiro atoms. The molecule has 1 N–H and O–H groups in total. The van der Waals surface area contributed by atoms with E-state index in [4.69, 9.17) is 13.3 Å². The molecule has 1 amide bonds. The lowest BCUT2D eigenvalue weighted by Gasteiger charge is -2.13. The van der Waals surface area contributed by atoms with Gasteiger partial charge in [-0.15, -0.1) is 0 Å². The van der Waals surface area contributed by atoms with Gasteiger partial charge in [0.2, 0.25) is 5.91 Å². The summed E-state index contributed by atoms with van der Waals surface area (Å²) in [4.78, 5) is 12.1. The van der Waals surface area contributed by atoms with Crippen LogP contribution in [0.3, 0.4) is 0 Å². The zero-order valence-corrected chi connectivity index (χ0v) is 18.2. The van der Waals surface area contributed by atoms with Gasteiger partial charge in [0.15, 0.2) is 11.5 Å². The van der Waals surface area contributed by atoms with E-state index in [0.29, 0.717) is 16.9 Å². The summed E-state index contributed by atoms with van der Waals surface area (Å²) in [5, 5.41) is 2.70. The Balaban J connectivity index is 1.73. The van der Waals surface area contributed by atoms with Crippen LogP contribution in [0.1, 0.15) is 22.5 Å². The first-order valence-electron chi connectivity index (χ1n) is 9.46. The molecule has 8 heteroatoms. The van der Waals surface area contributed by atoms with Crippen LogP contribution in [0, 0.1) is 13.8 Å². The van der Waals surface area contributed by atoms with Gasteiger partial charge in [-0.3, -0.25) is 4.79 Å². The van der Waals surface area contributed by atoms with Crippen LogP contribution in [0.15, 0.2) is 70.2 Å². The monoisotopic (exact) mass is 441 g/mol. The predicted molar refractivity (Wildman–Crippen MR) is 116 cm³/mol. The predicted octanol–water partition coefficient (Wildman–Crippen LogP) is 4.00. The second-order valence-corrected chi connectivity index (χ2v) is 8.36. The summed E-state index contributed by atoms with van der Waals surface area (Å²) in [5.41, 5.74) is 2.04. The standard InChI is InChI=1S/C23H23NO6S/c1-16-6-7-17(2)22(13-16)31(26,27)30-20-10-8-18(14-21(20)28-3)9-11-23(25)24-15-19-5-4-12-29-19/h4-14H,15H2,1-3H3,(H,24,25)/b11-9+. The molecule has 0 saturated carbocycles. The number of nitrogens with one attached hydrogen (secondary N) is 1. The average molecular weight is 442 g/mol. The molecule has 0 fully saturated rings. The number of rotatable bonds is 8. The summed E-state index contributed by atoms with van der Waals surface area (Å²) >= 11 is 0. The van der Waals surface area contributed by atoms with E-state index in [1.807, 2.05) is 13.0 Å². The summed E-state index contributed by atoms with van der Waals surface area (Å²) in [5.74, 6) is 0.637. The zero-order valence-electron chi connectivity index (χ0n) is 17.4. The van der Waals surface area contributed by atoms with Crippen molar-refractivity contribution in [2.45, 2.75) is 25.3 Å². The summed E-state index contributed by atoms with van der Waals surface area (Å²) in [6, 6.07) is 13.3. The number of aryl methyl sites for hydroxylation is 2. The van der Waals surface area contributed by atoms with Crippen LogP contribution < -0.4 is 14.2 Å². The molecule has 0 bridgehead atoms. The maximum atomic E-state index is 12.8. The maximum Gasteiger partial charge on any atom is 0.339 e. The Kier molecular flexibility index (Phi) is 6.81. The largest absolute Gasteiger partial charge is 0.493 e. The molecule has 31 heavy (non-hydrogen) atoms. The Morgan fingerprint density at radius 2 is 1.90 bits per heavy atom. The summed E-state index contributed by atoms with van der Waals surface area (Å²) in [6.07, 6.45) is 4.49. The number of furan rings is 1. The second kappa shape index (κ2) is 9.53. The number of methoxy groups -OCH3 is 1. The number of benzene rings is 2. The van der Waals surface area contributed by atoms with Gasteiger partial charge in [0.25, 0.3) is 0 Å². The highest BCUT2D eigenvalue weighted by atomic mass is 32.2. The molecule has 2 aromatic carbocycles. The highest BCUT2D eigenvalue weighted by Gasteiger charge is 2.21. The van der Waals surface area contributed by atoms with Gasteiger partial charge in [0.1, 0.15) is 10.7 Å². The first-order valence-corrected chi connectivity index (χ1v) is 10.9. The van der Waals surface area contributed by atoms with E-state index < -0.39 is 10.1 Å². The fraction of sp³-hybridized carbons (Fsp3) is 0.174. The summed E-state index contributed by atoms with van der Waals surface area (Å²) in [6.45, 7) is 3.80. The van der Waals surface area contributed by atoms with E-state index in [2.05, 4.69) is 5.32 Å². The number of amides is 1. The molecule has 3 aromatic rings. The molecule has 0 saturated heterocycles. The molecule has 0 aliphatic heterocycles.